The van der Waals surface area contributed by atoms with Gasteiger partial charge in [-0.2, -0.15) is 0 Å². The van der Waals surface area contributed by atoms with Gasteiger partial charge in [-0.15, -0.1) is 0 Å². The molecule has 0 bridgehead atoms. The second-order valence-corrected chi connectivity index (χ2v) is 8.36. The van der Waals surface area contributed by atoms with Crippen LogP contribution in [-0.2, 0) is 9.53 Å². The van der Waals surface area contributed by atoms with Crippen LogP contribution in [0.15, 0.2) is 42.5 Å². The molecule has 0 radical (unpaired) electrons. The van der Waals surface area contributed by atoms with Gasteiger partial charge < -0.3 is 24.8 Å². The number of benzene rings is 2. The van der Waals surface area contributed by atoms with Gasteiger partial charge in [0.25, 0.3) is 0 Å². The molecule has 2 atom stereocenters. The summed E-state index contributed by atoms with van der Waals surface area (Å²) in [5, 5.41) is 6.30. The summed E-state index contributed by atoms with van der Waals surface area (Å²) in [4.78, 5) is 25.4. The Morgan fingerprint density at radius 2 is 1.44 bits per heavy atom. The topological polar surface area (TPSA) is 85.9 Å². The monoisotopic (exact) mass is 462 g/mol. The van der Waals surface area contributed by atoms with Crippen LogP contribution in [0.3, 0.4) is 0 Å². The number of amides is 2. The maximum absolute atomic E-state index is 13.2. The number of halogens is 1. The molecule has 0 aliphatic rings. The van der Waals surface area contributed by atoms with Crippen LogP contribution in [0.1, 0.15) is 44.9 Å². The van der Waals surface area contributed by atoms with E-state index in [0.29, 0.717) is 16.5 Å². The molecule has 0 saturated carbocycles. The fourth-order valence-electron chi connectivity index (χ4n) is 3.19. The van der Waals surface area contributed by atoms with Gasteiger partial charge in [0.15, 0.2) is 11.5 Å². The van der Waals surface area contributed by atoms with E-state index in [1.807, 2.05) is 38.1 Å². The predicted octanol–water partition coefficient (Wildman–Crippen LogP) is 4.72. The van der Waals surface area contributed by atoms with Gasteiger partial charge in [-0.3, -0.25) is 4.79 Å². The van der Waals surface area contributed by atoms with E-state index in [-0.39, 0.29) is 17.9 Å². The van der Waals surface area contributed by atoms with Crippen molar-refractivity contribution in [3.63, 3.8) is 0 Å². The van der Waals surface area contributed by atoms with Crippen molar-refractivity contribution in [3.8, 4) is 11.5 Å². The van der Waals surface area contributed by atoms with E-state index in [1.54, 1.807) is 46.3 Å². The van der Waals surface area contributed by atoms with E-state index in [1.165, 1.54) is 0 Å². The fraction of sp³-hybridized carbons (Fsp3) is 0.417. The number of methoxy groups -OCH3 is 2. The number of hydrogen-bond donors (Lipinski definition) is 2. The van der Waals surface area contributed by atoms with Crippen molar-refractivity contribution in [2.75, 3.05) is 14.2 Å². The van der Waals surface area contributed by atoms with Gasteiger partial charge in [-0.1, -0.05) is 43.6 Å². The third-order valence-electron chi connectivity index (χ3n) is 4.80. The van der Waals surface area contributed by atoms with Crippen molar-refractivity contribution in [1.29, 1.82) is 0 Å². The summed E-state index contributed by atoms with van der Waals surface area (Å²) in [7, 11) is 3.11. The molecule has 32 heavy (non-hydrogen) atoms. The van der Waals surface area contributed by atoms with E-state index in [9.17, 15) is 9.59 Å². The molecule has 0 aliphatic carbocycles. The van der Waals surface area contributed by atoms with Gasteiger partial charge >= 0.3 is 6.09 Å². The van der Waals surface area contributed by atoms with Gasteiger partial charge in [0, 0.05) is 5.02 Å². The molecule has 2 N–H and O–H groups in total. The van der Waals surface area contributed by atoms with Crippen LogP contribution in [0.5, 0.6) is 11.5 Å². The molecule has 2 aromatic rings. The molecular formula is C24H31ClN2O5. The third-order valence-corrected chi connectivity index (χ3v) is 5.05. The average Bonchev–Trinajstić information content (AvgIpc) is 2.75. The highest BCUT2D eigenvalue weighted by Gasteiger charge is 2.28. The number of alkyl carbamates (subject to hydrolysis) is 1. The Bertz CT molecular complexity index is 915. The Morgan fingerprint density at radius 1 is 0.844 bits per heavy atom. The molecule has 174 valence electrons. The second kappa shape index (κ2) is 11.6. The van der Waals surface area contributed by atoms with E-state index in [0.717, 1.165) is 11.1 Å². The average molecular weight is 463 g/mol. The van der Waals surface area contributed by atoms with Crippen LogP contribution in [-0.4, -0.2) is 38.4 Å². The highest BCUT2D eigenvalue weighted by molar-refractivity contribution is 6.30. The fourth-order valence-corrected chi connectivity index (χ4v) is 3.31. The summed E-state index contributed by atoms with van der Waals surface area (Å²) in [6.45, 7) is 7.20. The summed E-state index contributed by atoms with van der Waals surface area (Å²) in [5.41, 5.74) is 1.60. The first-order chi connectivity index (χ1) is 15.2. The SMILES string of the molecule is COc1ccc(C(NC(=O)[C@@H](NC(=O)OC(C)C)C(C)C)c2ccc(Cl)cc2)cc1OC. The molecule has 0 aromatic heterocycles. The van der Waals surface area contributed by atoms with E-state index < -0.39 is 18.2 Å². The Kier molecular flexibility index (Phi) is 9.20. The molecule has 7 nitrogen and oxygen atoms in total. The Morgan fingerprint density at radius 3 is 1.97 bits per heavy atom. The van der Waals surface area contributed by atoms with E-state index in [2.05, 4.69) is 10.6 Å². The number of ether oxygens (including phenoxy) is 3. The van der Waals surface area contributed by atoms with E-state index in [4.69, 9.17) is 25.8 Å². The van der Waals surface area contributed by atoms with Crippen molar-refractivity contribution >= 4 is 23.6 Å². The quantitative estimate of drug-likeness (QED) is 0.563. The lowest BCUT2D eigenvalue weighted by molar-refractivity contribution is -0.124. The smallest absolute Gasteiger partial charge is 0.408 e. The minimum Gasteiger partial charge on any atom is -0.493 e. The van der Waals surface area contributed by atoms with Gasteiger partial charge in [0.1, 0.15) is 6.04 Å². The summed E-state index contributed by atoms with van der Waals surface area (Å²) >= 11 is 6.06. The Balaban J connectivity index is 2.38. The van der Waals surface area contributed by atoms with Crippen LogP contribution >= 0.6 is 11.6 Å². The van der Waals surface area contributed by atoms with Gasteiger partial charge in [0.2, 0.25) is 5.91 Å². The zero-order valence-electron chi connectivity index (χ0n) is 19.3. The number of carbonyl (C=O) groups excluding carboxylic acids is 2. The van der Waals surface area contributed by atoms with Gasteiger partial charge in [-0.05, 0) is 55.2 Å². The maximum Gasteiger partial charge on any atom is 0.408 e. The van der Waals surface area contributed by atoms with Crippen LogP contribution in [0.2, 0.25) is 5.02 Å². The van der Waals surface area contributed by atoms with Crippen LogP contribution in [0.4, 0.5) is 4.79 Å². The largest absolute Gasteiger partial charge is 0.493 e. The molecule has 0 saturated heterocycles. The maximum atomic E-state index is 13.2. The molecule has 1 unspecified atom stereocenters. The van der Waals surface area contributed by atoms with Crippen molar-refractivity contribution in [2.45, 2.75) is 45.9 Å². The highest BCUT2D eigenvalue weighted by atomic mass is 35.5. The zero-order chi connectivity index (χ0) is 23.8. The zero-order valence-corrected chi connectivity index (χ0v) is 20.0. The normalized spacial score (nSPS) is 12.8. The van der Waals surface area contributed by atoms with Gasteiger partial charge in [0.05, 0.1) is 26.4 Å². The van der Waals surface area contributed by atoms with Crippen LogP contribution < -0.4 is 20.1 Å². The van der Waals surface area contributed by atoms with Crippen molar-refractivity contribution < 1.29 is 23.8 Å². The van der Waals surface area contributed by atoms with Crippen molar-refractivity contribution in [1.82, 2.24) is 10.6 Å². The minimum absolute atomic E-state index is 0.161. The lowest BCUT2D eigenvalue weighted by Gasteiger charge is -2.26. The highest BCUT2D eigenvalue weighted by Crippen LogP contribution is 2.32. The first-order valence-electron chi connectivity index (χ1n) is 10.4. The summed E-state index contributed by atoms with van der Waals surface area (Å²) in [6.07, 6.45) is -0.928. The molecule has 2 aromatic carbocycles. The molecule has 0 aliphatic heterocycles. The molecule has 0 heterocycles. The van der Waals surface area contributed by atoms with Crippen molar-refractivity contribution in [3.05, 3.63) is 58.6 Å². The van der Waals surface area contributed by atoms with Gasteiger partial charge in [-0.25, -0.2) is 4.79 Å². The minimum atomic E-state index is -0.781. The Labute approximate surface area is 194 Å². The molecular weight excluding hydrogens is 432 g/mol. The number of carbonyl (C=O) groups is 2. The number of nitrogens with one attached hydrogen (secondary N) is 2. The number of rotatable bonds is 9. The lowest BCUT2D eigenvalue weighted by Crippen LogP contribution is -2.51. The number of hydrogen-bond acceptors (Lipinski definition) is 5. The second-order valence-electron chi connectivity index (χ2n) is 7.93. The summed E-state index contributed by atoms with van der Waals surface area (Å²) < 4.78 is 15.9. The standard InChI is InChI=1S/C24H31ClN2O5/c1-14(2)21(27-24(29)32-15(3)4)23(28)26-22(16-7-10-18(25)11-8-16)17-9-12-19(30-5)20(13-17)31-6/h7-15,21-22H,1-6H3,(H,26,28)(H,27,29)/t21-,22?/m0/s1. The van der Waals surface area contributed by atoms with Crippen molar-refractivity contribution in [2.24, 2.45) is 5.92 Å². The molecule has 0 spiro atoms. The molecule has 8 heteroatoms. The van der Waals surface area contributed by atoms with Crippen LogP contribution in [0.25, 0.3) is 0 Å². The molecule has 2 amide bonds. The van der Waals surface area contributed by atoms with E-state index >= 15 is 0 Å². The summed E-state index contributed by atoms with van der Waals surface area (Å²) in [5.74, 6) is 0.620. The first kappa shape index (κ1) is 25.3. The summed E-state index contributed by atoms with van der Waals surface area (Å²) in [6, 6.07) is 11.4. The molecule has 2 rings (SSSR count). The predicted molar refractivity (Wildman–Crippen MR) is 124 cm³/mol. The third kappa shape index (κ3) is 6.79. The lowest BCUT2D eigenvalue weighted by atomic mass is 9.96. The first-order valence-corrected chi connectivity index (χ1v) is 10.8. The van der Waals surface area contributed by atoms with Crippen LogP contribution in [0, 0.1) is 5.92 Å². The Hall–Kier alpha value is -2.93. The molecule has 0 fully saturated rings.